The van der Waals surface area contributed by atoms with Gasteiger partial charge in [-0.05, 0) is 38.5 Å². The zero-order valence-electron chi connectivity index (χ0n) is 15.2. The second-order valence-corrected chi connectivity index (χ2v) is 6.24. The number of fused-ring (bicyclic) bond motifs is 1. The molecular formula is C21H20O5. The van der Waals surface area contributed by atoms with E-state index in [0.717, 1.165) is 11.1 Å². The summed E-state index contributed by atoms with van der Waals surface area (Å²) < 4.78 is 16.4. The van der Waals surface area contributed by atoms with Gasteiger partial charge in [0.15, 0.2) is 11.9 Å². The van der Waals surface area contributed by atoms with Crippen LogP contribution in [-0.4, -0.2) is 19.2 Å². The number of hydrogen-bond donors (Lipinski definition) is 0. The van der Waals surface area contributed by atoms with E-state index in [2.05, 4.69) is 0 Å². The molecule has 0 aliphatic heterocycles. The highest BCUT2D eigenvalue weighted by Crippen LogP contribution is 2.32. The second-order valence-electron chi connectivity index (χ2n) is 6.24. The Bertz CT molecular complexity index is 1010. The summed E-state index contributed by atoms with van der Waals surface area (Å²) in [6, 6.07) is 12.9. The quantitative estimate of drug-likeness (QED) is 0.664. The molecule has 1 atom stereocenters. The molecule has 0 saturated heterocycles. The Morgan fingerprint density at radius 1 is 1.04 bits per heavy atom. The highest BCUT2D eigenvalue weighted by Gasteiger charge is 2.23. The molecule has 0 bridgehead atoms. The van der Waals surface area contributed by atoms with Crippen LogP contribution in [-0.2, 0) is 9.53 Å². The monoisotopic (exact) mass is 352 g/mol. The van der Waals surface area contributed by atoms with Gasteiger partial charge in [-0.15, -0.1) is 0 Å². The Morgan fingerprint density at radius 3 is 2.35 bits per heavy atom. The van der Waals surface area contributed by atoms with Gasteiger partial charge in [0.25, 0.3) is 0 Å². The number of ether oxygens (including phenoxy) is 2. The minimum Gasteiger partial charge on any atom is -0.471 e. The Kier molecular flexibility index (Phi) is 4.80. The number of carbonyl (C=O) groups excluding carboxylic acids is 1. The summed E-state index contributed by atoms with van der Waals surface area (Å²) in [4.78, 5) is 24.8. The van der Waals surface area contributed by atoms with Crippen LogP contribution in [0.5, 0.6) is 5.75 Å². The third-order valence-corrected chi connectivity index (χ3v) is 4.15. The third-order valence-electron chi connectivity index (χ3n) is 4.15. The van der Waals surface area contributed by atoms with Crippen LogP contribution in [0.15, 0.2) is 51.7 Å². The van der Waals surface area contributed by atoms with Crippen molar-refractivity contribution in [3.05, 3.63) is 63.8 Å². The van der Waals surface area contributed by atoms with Gasteiger partial charge in [-0.1, -0.05) is 35.9 Å². The Morgan fingerprint density at radius 2 is 1.69 bits per heavy atom. The van der Waals surface area contributed by atoms with Crippen LogP contribution in [0.25, 0.3) is 22.3 Å². The van der Waals surface area contributed by atoms with E-state index in [1.54, 1.807) is 6.07 Å². The molecule has 0 radical (unpaired) electrons. The molecule has 5 nitrogen and oxygen atoms in total. The molecule has 0 fully saturated rings. The fourth-order valence-electron chi connectivity index (χ4n) is 2.68. The van der Waals surface area contributed by atoms with Crippen molar-refractivity contribution in [3.63, 3.8) is 0 Å². The summed E-state index contributed by atoms with van der Waals surface area (Å²) in [7, 11) is 1.27. The predicted octanol–water partition coefficient (Wildman–Crippen LogP) is 4.02. The Balaban J connectivity index is 2.25. The number of carbonyl (C=O) groups is 1. The van der Waals surface area contributed by atoms with Crippen molar-refractivity contribution in [3.8, 4) is 17.1 Å². The lowest BCUT2D eigenvalue weighted by atomic mass is 10.1. The van der Waals surface area contributed by atoms with Crippen LogP contribution in [0.3, 0.4) is 0 Å². The molecule has 0 aliphatic carbocycles. The molecular weight excluding hydrogens is 332 g/mol. The lowest BCUT2D eigenvalue weighted by Gasteiger charge is -2.15. The largest absolute Gasteiger partial charge is 0.471 e. The molecule has 1 aromatic heterocycles. The minimum atomic E-state index is -0.935. The maximum Gasteiger partial charge on any atom is 0.346 e. The lowest BCUT2D eigenvalue weighted by Crippen LogP contribution is -2.27. The van der Waals surface area contributed by atoms with E-state index in [4.69, 9.17) is 13.9 Å². The third kappa shape index (κ3) is 3.33. The van der Waals surface area contributed by atoms with E-state index >= 15 is 0 Å². The average molecular weight is 352 g/mol. The van der Waals surface area contributed by atoms with Crippen molar-refractivity contribution >= 4 is 16.9 Å². The maximum absolute atomic E-state index is 13.0. The molecule has 3 rings (SSSR count). The summed E-state index contributed by atoms with van der Waals surface area (Å²) in [5, 5.41) is 0.401. The van der Waals surface area contributed by atoms with Crippen molar-refractivity contribution in [2.75, 3.05) is 7.11 Å². The van der Waals surface area contributed by atoms with Crippen molar-refractivity contribution in [1.82, 2.24) is 0 Å². The lowest BCUT2D eigenvalue weighted by molar-refractivity contribution is -0.147. The zero-order chi connectivity index (χ0) is 18.8. The predicted molar refractivity (Wildman–Crippen MR) is 99.5 cm³/mol. The molecule has 0 amide bonds. The summed E-state index contributed by atoms with van der Waals surface area (Å²) in [6.45, 7) is 5.43. The molecule has 1 heterocycles. The van der Waals surface area contributed by atoms with E-state index in [9.17, 15) is 9.59 Å². The number of hydrogen-bond acceptors (Lipinski definition) is 5. The molecule has 0 spiro atoms. The van der Waals surface area contributed by atoms with Crippen LogP contribution in [0.1, 0.15) is 18.1 Å². The summed E-state index contributed by atoms with van der Waals surface area (Å²) in [5.41, 5.74) is 2.91. The standard InChI is InChI=1S/C21H20O5/c1-12-5-8-15(9-6-12)19-20(25-14(3)21(23)24-4)18(22)16-10-7-13(2)11-17(16)26-19/h5-11,14H,1-4H3/t14-/m1/s1. The van der Waals surface area contributed by atoms with Gasteiger partial charge in [0.05, 0.1) is 12.5 Å². The van der Waals surface area contributed by atoms with E-state index in [1.807, 2.05) is 50.2 Å². The number of methoxy groups -OCH3 is 1. The molecule has 26 heavy (non-hydrogen) atoms. The van der Waals surface area contributed by atoms with Crippen molar-refractivity contribution in [2.24, 2.45) is 0 Å². The fraction of sp³-hybridized carbons (Fsp3) is 0.238. The van der Waals surface area contributed by atoms with Gasteiger partial charge in [0, 0.05) is 5.56 Å². The summed E-state index contributed by atoms with van der Waals surface area (Å²) in [6.07, 6.45) is -0.935. The van der Waals surface area contributed by atoms with Crippen LogP contribution in [0.2, 0.25) is 0 Å². The fourth-order valence-corrected chi connectivity index (χ4v) is 2.68. The van der Waals surface area contributed by atoms with Crippen LogP contribution in [0, 0.1) is 13.8 Å². The molecule has 0 saturated carbocycles. The van der Waals surface area contributed by atoms with Crippen LogP contribution >= 0.6 is 0 Å². The van der Waals surface area contributed by atoms with Crippen LogP contribution in [0.4, 0.5) is 0 Å². The molecule has 5 heteroatoms. The molecule has 0 N–H and O–H groups in total. The summed E-state index contributed by atoms with van der Waals surface area (Å²) >= 11 is 0. The molecule has 134 valence electrons. The maximum atomic E-state index is 13.0. The van der Waals surface area contributed by atoms with Gasteiger partial charge >= 0.3 is 5.97 Å². The van der Waals surface area contributed by atoms with E-state index in [-0.39, 0.29) is 11.2 Å². The van der Waals surface area contributed by atoms with Crippen LogP contribution < -0.4 is 10.2 Å². The smallest absolute Gasteiger partial charge is 0.346 e. The highest BCUT2D eigenvalue weighted by atomic mass is 16.6. The SMILES string of the molecule is COC(=O)[C@@H](C)Oc1c(-c2ccc(C)cc2)oc2cc(C)ccc2c1=O. The van der Waals surface area contributed by atoms with Gasteiger partial charge in [0.1, 0.15) is 5.58 Å². The molecule has 0 aliphatic rings. The number of rotatable bonds is 4. The molecule has 0 unspecified atom stereocenters. The molecule has 2 aromatic carbocycles. The van der Waals surface area contributed by atoms with Crippen molar-refractivity contribution in [1.29, 1.82) is 0 Å². The first-order valence-corrected chi connectivity index (χ1v) is 8.29. The van der Waals surface area contributed by atoms with Crippen molar-refractivity contribution in [2.45, 2.75) is 26.9 Å². The first-order valence-electron chi connectivity index (χ1n) is 8.29. The van der Waals surface area contributed by atoms with E-state index in [1.165, 1.54) is 14.0 Å². The van der Waals surface area contributed by atoms with Gasteiger partial charge in [0.2, 0.25) is 11.2 Å². The Labute approximate surface area is 151 Å². The minimum absolute atomic E-state index is 0.00288. The van der Waals surface area contributed by atoms with Gasteiger partial charge < -0.3 is 13.9 Å². The number of esters is 1. The number of benzene rings is 2. The van der Waals surface area contributed by atoms with E-state index in [0.29, 0.717) is 22.3 Å². The summed E-state index contributed by atoms with van der Waals surface area (Å²) in [5.74, 6) is -0.268. The van der Waals surface area contributed by atoms with Gasteiger partial charge in [-0.3, -0.25) is 4.79 Å². The van der Waals surface area contributed by atoms with Gasteiger partial charge in [-0.25, -0.2) is 4.79 Å². The number of aryl methyl sites for hydroxylation is 2. The molecule has 3 aromatic rings. The second kappa shape index (κ2) is 7.04. The van der Waals surface area contributed by atoms with E-state index < -0.39 is 12.1 Å². The average Bonchev–Trinajstić information content (AvgIpc) is 2.63. The topological polar surface area (TPSA) is 65.7 Å². The first kappa shape index (κ1) is 17.7. The highest BCUT2D eigenvalue weighted by molar-refractivity contribution is 5.83. The zero-order valence-corrected chi connectivity index (χ0v) is 15.2. The van der Waals surface area contributed by atoms with Gasteiger partial charge in [-0.2, -0.15) is 0 Å². The van der Waals surface area contributed by atoms with Crippen molar-refractivity contribution < 1.29 is 18.7 Å². The Hall–Kier alpha value is -3.08. The first-order chi connectivity index (χ1) is 12.4. The normalized spacial score (nSPS) is 12.0.